The van der Waals surface area contributed by atoms with Crippen molar-refractivity contribution in [1.82, 2.24) is 15.1 Å². The molecule has 1 atom stereocenters. The highest BCUT2D eigenvalue weighted by molar-refractivity contribution is 7.13. The molecule has 0 saturated carbocycles. The summed E-state index contributed by atoms with van der Waals surface area (Å²) in [5, 5.41) is 12.3. The quantitative estimate of drug-likeness (QED) is 0.776. The van der Waals surface area contributed by atoms with Crippen molar-refractivity contribution in [3.63, 3.8) is 0 Å². The third kappa shape index (κ3) is 5.24. The number of rotatable bonds is 8. The van der Waals surface area contributed by atoms with Gasteiger partial charge in [0.15, 0.2) is 0 Å². The van der Waals surface area contributed by atoms with E-state index in [4.69, 9.17) is 4.74 Å². The Hall–Kier alpha value is -1.99. The number of hydrogen-bond acceptors (Lipinski definition) is 6. The topological polar surface area (TPSA) is 67.4 Å². The lowest BCUT2D eigenvalue weighted by Crippen LogP contribution is -2.35. The van der Waals surface area contributed by atoms with Crippen molar-refractivity contribution < 1.29 is 9.53 Å². The summed E-state index contributed by atoms with van der Waals surface area (Å²) in [5.41, 5.74) is 0.700. The molecule has 0 aliphatic heterocycles. The average molecular weight is 362 g/mol. The highest BCUT2D eigenvalue weighted by Crippen LogP contribution is 2.19. The highest BCUT2D eigenvalue weighted by Gasteiger charge is 2.19. The molecule has 0 fully saturated rings. The van der Waals surface area contributed by atoms with Crippen LogP contribution in [0.25, 0.3) is 0 Å². The predicted molar refractivity (Wildman–Crippen MR) is 101 cm³/mol. The Balaban J connectivity index is 2.00. The van der Waals surface area contributed by atoms with Crippen LogP contribution in [0, 0.1) is 5.92 Å². The first-order chi connectivity index (χ1) is 11.9. The molecule has 0 spiro atoms. The first-order valence-corrected chi connectivity index (χ1v) is 9.28. The van der Waals surface area contributed by atoms with E-state index in [1.54, 1.807) is 31.4 Å². The number of benzene rings is 1. The fourth-order valence-electron chi connectivity index (χ4n) is 2.41. The maximum Gasteiger partial charge on any atom is 0.286 e. The zero-order valence-electron chi connectivity index (χ0n) is 15.4. The monoisotopic (exact) mass is 362 g/mol. The van der Waals surface area contributed by atoms with Gasteiger partial charge in [-0.05, 0) is 43.7 Å². The Morgan fingerprint density at radius 2 is 1.92 bits per heavy atom. The van der Waals surface area contributed by atoms with Crippen LogP contribution in [0.3, 0.4) is 0 Å². The zero-order valence-corrected chi connectivity index (χ0v) is 16.3. The van der Waals surface area contributed by atoms with Crippen LogP contribution in [0.5, 0.6) is 5.75 Å². The smallest absolute Gasteiger partial charge is 0.286 e. The van der Waals surface area contributed by atoms with Crippen LogP contribution in [0.15, 0.2) is 24.3 Å². The maximum absolute atomic E-state index is 12.3. The molecule has 1 N–H and O–H groups in total. The van der Waals surface area contributed by atoms with Gasteiger partial charge >= 0.3 is 0 Å². The zero-order chi connectivity index (χ0) is 18.4. The van der Waals surface area contributed by atoms with Crippen LogP contribution in [0.1, 0.15) is 42.5 Å². The van der Waals surface area contributed by atoms with E-state index >= 15 is 0 Å². The molecule has 1 unspecified atom stereocenters. The summed E-state index contributed by atoms with van der Waals surface area (Å²) in [6, 6.07) is 7.63. The van der Waals surface area contributed by atoms with E-state index in [0.29, 0.717) is 29.2 Å². The molecule has 0 saturated heterocycles. The van der Waals surface area contributed by atoms with E-state index in [1.165, 1.54) is 11.3 Å². The SMILES string of the molecule is CCN(Cc1nnc(C(=O)Nc2ccc(OC)cc2)s1)C(C)C(C)C. The summed E-state index contributed by atoms with van der Waals surface area (Å²) < 4.78 is 5.11. The molecule has 2 aromatic rings. The molecule has 2 rings (SSSR count). The molecule has 1 aromatic heterocycles. The number of amides is 1. The van der Waals surface area contributed by atoms with E-state index in [0.717, 1.165) is 17.3 Å². The van der Waals surface area contributed by atoms with Crippen LogP contribution in [0.2, 0.25) is 0 Å². The summed E-state index contributed by atoms with van der Waals surface area (Å²) >= 11 is 1.34. The van der Waals surface area contributed by atoms with Gasteiger partial charge in [-0.1, -0.05) is 32.1 Å². The molecule has 1 amide bonds. The Morgan fingerprint density at radius 1 is 1.24 bits per heavy atom. The van der Waals surface area contributed by atoms with Gasteiger partial charge in [-0.15, -0.1) is 10.2 Å². The lowest BCUT2D eigenvalue weighted by atomic mass is 10.0. The van der Waals surface area contributed by atoms with E-state index in [1.807, 2.05) is 0 Å². The number of nitrogens with zero attached hydrogens (tertiary/aromatic N) is 3. The number of methoxy groups -OCH3 is 1. The van der Waals surface area contributed by atoms with Gasteiger partial charge in [0.05, 0.1) is 13.7 Å². The van der Waals surface area contributed by atoms with E-state index in [-0.39, 0.29) is 5.91 Å². The normalized spacial score (nSPS) is 12.4. The van der Waals surface area contributed by atoms with Crippen LogP contribution < -0.4 is 10.1 Å². The lowest BCUT2D eigenvalue weighted by Gasteiger charge is -2.29. The number of anilines is 1. The maximum atomic E-state index is 12.3. The van der Waals surface area contributed by atoms with Gasteiger partial charge in [-0.3, -0.25) is 9.69 Å². The average Bonchev–Trinajstić information content (AvgIpc) is 3.08. The second-order valence-electron chi connectivity index (χ2n) is 6.23. The Bertz CT molecular complexity index is 685. The first kappa shape index (κ1) is 19.3. The van der Waals surface area contributed by atoms with E-state index in [2.05, 4.69) is 48.1 Å². The fraction of sp³-hybridized carbons (Fsp3) is 0.500. The van der Waals surface area contributed by atoms with Crippen LogP contribution in [0.4, 0.5) is 5.69 Å². The van der Waals surface area contributed by atoms with Crippen LogP contribution in [-0.4, -0.2) is 40.7 Å². The number of aromatic nitrogens is 2. The third-order valence-electron chi connectivity index (χ3n) is 4.29. The van der Waals surface area contributed by atoms with Crippen LogP contribution in [-0.2, 0) is 6.54 Å². The molecule has 1 aromatic carbocycles. The minimum absolute atomic E-state index is 0.242. The summed E-state index contributed by atoms with van der Waals surface area (Å²) in [5.74, 6) is 1.06. The van der Waals surface area contributed by atoms with Crippen LogP contribution >= 0.6 is 11.3 Å². The lowest BCUT2D eigenvalue weighted by molar-refractivity contribution is 0.102. The molecule has 0 bridgehead atoms. The second kappa shape index (κ2) is 8.92. The molecule has 6 nitrogen and oxygen atoms in total. The number of carbonyl (C=O) groups is 1. The fourth-order valence-corrected chi connectivity index (χ4v) is 3.17. The first-order valence-electron chi connectivity index (χ1n) is 8.46. The van der Waals surface area contributed by atoms with Crippen molar-refractivity contribution in [2.24, 2.45) is 5.92 Å². The standard InChI is InChI=1S/C18H26N4O2S/c1-6-22(13(4)12(2)3)11-16-20-21-18(25-16)17(23)19-14-7-9-15(24-5)10-8-14/h7-10,12-13H,6,11H2,1-5H3,(H,19,23). The highest BCUT2D eigenvalue weighted by atomic mass is 32.1. The Labute approximate surface area is 153 Å². The molecule has 25 heavy (non-hydrogen) atoms. The molecule has 136 valence electrons. The predicted octanol–water partition coefficient (Wildman–Crippen LogP) is 3.67. The van der Waals surface area contributed by atoms with E-state index < -0.39 is 0 Å². The Morgan fingerprint density at radius 3 is 2.48 bits per heavy atom. The molecular formula is C18H26N4O2S. The molecule has 0 radical (unpaired) electrons. The van der Waals surface area contributed by atoms with Gasteiger partial charge in [0.1, 0.15) is 10.8 Å². The number of hydrogen-bond donors (Lipinski definition) is 1. The van der Waals surface area contributed by atoms with Gasteiger partial charge in [-0.2, -0.15) is 0 Å². The molecule has 0 aliphatic rings. The van der Waals surface area contributed by atoms with E-state index in [9.17, 15) is 4.79 Å². The third-order valence-corrected chi connectivity index (χ3v) is 5.20. The second-order valence-corrected chi connectivity index (χ2v) is 7.29. The summed E-state index contributed by atoms with van der Waals surface area (Å²) in [7, 11) is 1.61. The van der Waals surface area contributed by atoms with Crippen molar-refractivity contribution in [1.29, 1.82) is 0 Å². The number of nitrogens with one attached hydrogen (secondary N) is 1. The minimum Gasteiger partial charge on any atom is -0.497 e. The Kier molecular flexibility index (Phi) is 6.90. The van der Waals surface area contributed by atoms with Gasteiger partial charge in [0, 0.05) is 11.7 Å². The van der Waals surface area contributed by atoms with Gasteiger partial charge < -0.3 is 10.1 Å². The molecule has 7 heteroatoms. The van der Waals surface area contributed by atoms with Gasteiger partial charge in [0.25, 0.3) is 5.91 Å². The van der Waals surface area contributed by atoms with Crippen molar-refractivity contribution in [2.45, 2.75) is 40.3 Å². The van der Waals surface area contributed by atoms with Crippen molar-refractivity contribution >= 4 is 22.9 Å². The van der Waals surface area contributed by atoms with Crippen molar-refractivity contribution in [3.8, 4) is 5.75 Å². The largest absolute Gasteiger partial charge is 0.497 e. The summed E-state index contributed by atoms with van der Waals surface area (Å²) in [6.45, 7) is 10.4. The molecule has 0 aliphatic carbocycles. The van der Waals surface area contributed by atoms with Crippen molar-refractivity contribution in [2.75, 3.05) is 19.0 Å². The number of ether oxygens (including phenoxy) is 1. The minimum atomic E-state index is -0.242. The van der Waals surface area contributed by atoms with Gasteiger partial charge in [0.2, 0.25) is 5.01 Å². The molecule has 1 heterocycles. The van der Waals surface area contributed by atoms with Gasteiger partial charge in [-0.25, -0.2) is 0 Å². The summed E-state index contributed by atoms with van der Waals surface area (Å²) in [6.07, 6.45) is 0. The van der Waals surface area contributed by atoms with Crippen molar-refractivity contribution in [3.05, 3.63) is 34.3 Å². The number of carbonyl (C=O) groups excluding carboxylic acids is 1. The summed E-state index contributed by atoms with van der Waals surface area (Å²) in [4.78, 5) is 14.7. The molecular weight excluding hydrogens is 336 g/mol.